The van der Waals surface area contributed by atoms with Gasteiger partial charge in [-0.15, -0.1) is 0 Å². The first kappa shape index (κ1) is 17.9. The van der Waals surface area contributed by atoms with Gasteiger partial charge in [-0.2, -0.15) is 0 Å². The third-order valence-corrected chi connectivity index (χ3v) is 5.69. The van der Waals surface area contributed by atoms with Crippen molar-refractivity contribution in [3.05, 3.63) is 29.8 Å². The summed E-state index contributed by atoms with van der Waals surface area (Å²) in [5.41, 5.74) is 0.00299. The Morgan fingerprint density at radius 1 is 1.04 bits per heavy atom. The first-order valence-corrected chi connectivity index (χ1v) is 9.41. The van der Waals surface area contributed by atoms with E-state index in [2.05, 4.69) is 5.32 Å². The SMILES string of the molecule is CN(C(=O)c1ccc(NC(=O)C2(O)CCCC2)cc1)C1CCCCC1. The Balaban J connectivity index is 1.61. The number of benzene rings is 1. The number of carbonyl (C=O) groups is 2. The number of hydrogen-bond donors (Lipinski definition) is 2. The second-order valence-electron chi connectivity index (χ2n) is 7.48. The average molecular weight is 344 g/mol. The van der Waals surface area contributed by atoms with Gasteiger partial charge >= 0.3 is 0 Å². The first-order valence-electron chi connectivity index (χ1n) is 9.41. The zero-order valence-electron chi connectivity index (χ0n) is 15.0. The molecule has 136 valence electrons. The molecule has 1 aromatic carbocycles. The van der Waals surface area contributed by atoms with Crippen LogP contribution in [0.5, 0.6) is 0 Å². The molecule has 0 aliphatic heterocycles. The lowest BCUT2D eigenvalue weighted by molar-refractivity contribution is -0.133. The van der Waals surface area contributed by atoms with E-state index in [4.69, 9.17) is 0 Å². The van der Waals surface area contributed by atoms with E-state index >= 15 is 0 Å². The monoisotopic (exact) mass is 344 g/mol. The van der Waals surface area contributed by atoms with Gasteiger partial charge in [0.15, 0.2) is 0 Å². The van der Waals surface area contributed by atoms with Crippen LogP contribution in [-0.2, 0) is 4.79 Å². The van der Waals surface area contributed by atoms with Crippen molar-refractivity contribution < 1.29 is 14.7 Å². The van der Waals surface area contributed by atoms with Crippen LogP contribution in [0.3, 0.4) is 0 Å². The summed E-state index contributed by atoms with van der Waals surface area (Å²) in [5, 5.41) is 13.1. The summed E-state index contributed by atoms with van der Waals surface area (Å²) in [6.45, 7) is 0. The van der Waals surface area contributed by atoms with Crippen LogP contribution < -0.4 is 5.32 Å². The Kier molecular flexibility index (Phi) is 5.42. The van der Waals surface area contributed by atoms with E-state index in [1.165, 1.54) is 19.3 Å². The number of nitrogens with zero attached hydrogens (tertiary/aromatic N) is 1. The van der Waals surface area contributed by atoms with Crippen molar-refractivity contribution >= 4 is 17.5 Å². The molecule has 2 aliphatic carbocycles. The maximum Gasteiger partial charge on any atom is 0.256 e. The van der Waals surface area contributed by atoms with Crippen LogP contribution in [0.25, 0.3) is 0 Å². The highest BCUT2D eigenvalue weighted by molar-refractivity contribution is 5.98. The standard InChI is InChI=1S/C20H28N2O3/c1-22(17-7-3-2-4-8-17)18(23)15-9-11-16(12-10-15)21-19(24)20(25)13-5-6-14-20/h9-12,17,25H,2-8,13-14H2,1H3,(H,21,24). The Hall–Kier alpha value is -1.88. The molecule has 0 aromatic heterocycles. The first-order chi connectivity index (χ1) is 12.0. The molecule has 0 bridgehead atoms. The van der Waals surface area contributed by atoms with Crippen LogP contribution >= 0.6 is 0 Å². The molecule has 1 aromatic rings. The van der Waals surface area contributed by atoms with E-state index in [1.54, 1.807) is 24.3 Å². The molecular weight excluding hydrogens is 316 g/mol. The van der Waals surface area contributed by atoms with Crippen molar-refractivity contribution in [3.63, 3.8) is 0 Å². The molecule has 25 heavy (non-hydrogen) atoms. The van der Waals surface area contributed by atoms with E-state index in [0.717, 1.165) is 25.7 Å². The molecule has 0 radical (unpaired) electrons. The molecule has 2 N–H and O–H groups in total. The van der Waals surface area contributed by atoms with Gasteiger partial charge < -0.3 is 15.3 Å². The predicted octanol–water partition coefficient (Wildman–Crippen LogP) is 3.33. The Morgan fingerprint density at radius 3 is 2.24 bits per heavy atom. The lowest BCUT2D eigenvalue weighted by Gasteiger charge is -2.31. The highest BCUT2D eigenvalue weighted by Crippen LogP contribution is 2.30. The lowest BCUT2D eigenvalue weighted by atomic mass is 9.94. The predicted molar refractivity (Wildman–Crippen MR) is 97.5 cm³/mol. The minimum Gasteiger partial charge on any atom is -0.380 e. The third-order valence-electron chi connectivity index (χ3n) is 5.69. The molecular formula is C20H28N2O3. The van der Waals surface area contributed by atoms with Crippen LogP contribution in [0.1, 0.15) is 68.1 Å². The van der Waals surface area contributed by atoms with E-state index in [9.17, 15) is 14.7 Å². The molecule has 0 unspecified atom stereocenters. The summed E-state index contributed by atoms with van der Waals surface area (Å²) < 4.78 is 0. The fourth-order valence-corrected chi connectivity index (χ4v) is 3.97. The number of carbonyl (C=O) groups excluding carboxylic acids is 2. The van der Waals surface area contributed by atoms with Crippen molar-refractivity contribution in [2.75, 3.05) is 12.4 Å². The molecule has 2 saturated carbocycles. The van der Waals surface area contributed by atoms with Gasteiger partial charge in [0.05, 0.1) is 0 Å². The van der Waals surface area contributed by atoms with Gasteiger partial charge in [0.2, 0.25) is 0 Å². The summed E-state index contributed by atoms with van der Waals surface area (Å²) in [6.07, 6.45) is 8.59. The summed E-state index contributed by atoms with van der Waals surface area (Å²) in [6, 6.07) is 7.29. The summed E-state index contributed by atoms with van der Waals surface area (Å²) in [5.74, 6) is -0.317. The molecule has 3 rings (SSSR count). The normalized spacial score (nSPS) is 20.2. The largest absolute Gasteiger partial charge is 0.380 e. The van der Waals surface area contributed by atoms with Crippen LogP contribution in [0, 0.1) is 0 Å². The lowest BCUT2D eigenvalue weighted by Crippen LogP contribution is -2.40. The van der Waals surface area contributed by atoms with Crippen molar-refractivity contribution in [1.29, 1.82) is 0 Å². The maximum atomic E-state index is 12.6. The second-order valence-corrected chi connectivity index (χ2v) is 7.48. The quantitative estimate of drug-likeness (QED) is 0.880. The molecule has 2 aliphatic rings. The molecule has 5 nitrogen and oxygen atoms in total. The molecule has 2 amide bonds. The fraction of sp³-hybridized carbons (Fsp3) is 0.600. The van der Waals surface area contributed by atoms with Crippen LogP contribution in [0.4, 0.5) is 5.69 Å². The van der Waals surface area contributed by atoms with Gasteiger partial charge in [0, 0.05) is 24.3 Å². The molecule has 2 fully saturated rings. The summed E-state index contributed by atoms with van der Waals surface area (Å²) >= 11 is 0. The molecule has 5 heteroatoms. The molecule has 0 spiro atoms. The van der Waals surface area contributed by atoms with E-state index in [-0.39, 0.29) is 11.8 Å². The number of amides is 2. The fourth-order valence-electron chi connectivity index (χ4n) is 3.97. The minimum absolute atomic E-state index is 0.0270. The Labute approximate surface area is 149 Å². The van der Waals surface area contributed by atoms with Gasteiger partial charge in [-0.05, 0) is 62.8 Å². The number of aliphatic hydroxyl groups is 1. The van der Waals surface area contributed by atoms with Gasteiger partial charge in [0.25, 0.3) is 11.8 Å². The smallest absolute Gasteiger partial charge is 0.256 e. The highest BCUT2D eigenvalue weighted by atomic mass is 16.3. The highest BCUT2D eigenvalue weighted by Gasteiger charge is 2.38. The van der Waals surface area contributed by atoms with Crippen molar-refractivity contribution in [3.8, 4) is 0 Å². The molecule has 0 heterocycles. The molecule has 0 saturated heterocycles. The van der Waals surface area contributed by atoms with E-state index < -0.39 is 5.60 Å². The van der Waals surface area contributed by atoms with E-state index in [1.807, 2.05) is 11.9 Å². The molecule has 0 atom stereocenters. The van der Waals surface area contributed by atoms with Gasteiger partial charge in [0.1, 0.15) is 5.60 Å². The van der Waals surface area contributed by atoms with Gasteiger partial charge in [-0.25, -0.2) is 0 Å². The zero-order valence-corrected chi connectivity index (χ0v) is 15.0. The maximum absolute atomic E-state index is 12.6. The van der Waals surface area contributed by atoms with Crippen LogP contribution in [0.2, 0.25) is 0 Å². The average Bonchev–Trinajstić information content (AvgIpc) is 3.10. The number of rotatable bonds is 4. The Morgan fingerprint density at radius 2 is 1.64 bits per heavy atom. The van der Waals surface area contributed by atoms with E-state index in [0.29, 0.717) is 30.1 Å². The topological polar surface area (TPSA) is 69.6 Å². The third kappa shape index (κ3) is 4.03. The minimum atomic E-state index is -1.24. The van der Waals surface area contributed by atoms with Crippen molar-refractivity contribution in [1.82, 2.24) is 4.90 Å². The Bertz CT molecular complexity index is 614. The van der Waals surface area contributed by atoms with Crippen molar-refractivity contribution in [2.24, 2.45) is 0 Å². The van der Waals surface area contributed by atoms with Crippen molar-refractivity contribution in [2.45, 2.75) is 69.4 Å². The van der Waals surface area contributed by atoms with Gasteiger partial charge in [-0.1, -0.05) is 19.3 Å². The van der Waals surface area contributed by atoms with Crippen LogP contribution in [-0.4, -0.2) is 40.5 Å². The number of hydrogen-bond acceptors (Lipinski definition) is 3. The van der Waals surface area contributed by atoms with Crippen LogP contribution in [0.15, 0.2) is 24.3 Å². The summed E-state index contributed by atoms with van der Waals surface area (Å²) in [7, 11) is 1.88. The number of anilines is 1. The second kappa shape index (κ2) is 7.56. The van der Waals surface area contributed by atoms with Gasteiger partial charge in [-0.3, -0.25) is 9.59 Å². The summed E-state index contributed by atoms with van der Waals surface area (Å²) in [4.78, 5) is 26.7. The number of nitrogens with one attached hydrogen (secondary N) is 1. The zero-order chi connectivity index (χ0) is 17.9.